The Labute approximate surface area is 113 Å². The van der Waals surface area contributed by atoms with Crippen LogP contribution in [0.15, 0.2) is 30.5 Å². The molecule has 0 saturated heterocycles. The molecule has 0 aliphatic rings. The highest BCUT2D eigenvalue weighted by Gasteiger charge is 2.12. The molecule has 0 fully saturated rings. The van der Waals surface area contributed by atoms with Gasteiger partial charge in [0.15, 0.2) is 5.69 Å². The average molecular weight is 267 g/mol. The fourth-order valence-electron chi connectivity index (χ4n) is 1.71. The first kappa shape index (κ1) is 11.6. The van der Waals surface area contributed by atoms with E-state index in [0.29, 0.717) is 11.4 Å². The molecule has 0 amide bonds. The summed E-state index contributed by atoms with van der Waals surface area (Å²) in [5, 5.41) is 19.2. The fraction of sp³-hybridized carbons (Fsp3) is 0.0769. The number of aryl methyl sites for hydroxylation is 1. The van der Waals surface area contributed by atoms with E-state index in [2.05, 4.69) is 20.4 Å². The van der Waals surface area contributed by atoms with E-state index in [9.17, 15) is 0 Å². The standard InChI is InChI=1S/C13H9N5S/c1-8-2-3-9(7-15-8)11-4-5-12(19-11)13-10(6-14)16-18-17-13/h2-5,7H,1H3,(H,16,17,18). The van der Waals surface area contributed by atoms with Gasteiger partial charge in [0.25, 0.3) is 0 Å². The Morgan fingerprint density at radius 1 is 1.16 bits per heavy atom. The highest BCUT2D eigenvalue weighted by Crippen LogP contribution is 2.33. The van der Waals surface area contributed by atoms with Crippen molar-refractivity contribution in [2.75, 3.05) is 0 Å². The van der Waals surface area contributed by atoms with E-state index in [1.54, 1.807) is 11.3 Å². The van der Waals surface area contributed by atoms with Crippen molar-refractivity contribution in [1.82, 2.24) is 20.4 Å². The number of H-pyrrole nitrogens is 1. The van der Waals surface area contributed by atoms with Gasteiger partial charge in [0.1, 0.15) is 11.8 Å². The molecule has 0 spiro atoms. The third-order valence-electron chi connectivity index (χ3n) is 2.69. The molecule has 0 aromatic carbocycles. The fourth-order valence-corrected chi connectivity index (χ4v) is 2.70. The summed E-state index contributed by atoms with van der Waals surface area (Å²) in [7, 11) is 0. The molecule has 6 heteroatoms. The summed E-state index contributed by atoms with van der Waals surface area (Å²) >= 11 is 1.57. The van der Waals surface area contributed by atoms with Crippen LogP contribution in [-0.2, 0) is 0 Å². The monoisotopic (exact) mass is 267 g/mol. The molecule has 0 atom stereocenters. The van der Waals surface area contributed by atoms with Gasteiger partial charge >= 0.3 is 0 Å². The lowest BCUT2D eigenvalue weighted by atomic mass is 10.2. The van der Waals surface area contributed by atoms with E-state index in [1.165, 1.54) is 0 Å². The van der Waals surface area contributed by atoms with E-state index in [4.69, 9.17) is 5.26 Å². The highest BCUT2D eigenvalue weighted by atomic mass is 32.1. The van der Waals surface area contributed by atoms with Crippen molar-refractivity contribution in [1.29, 1.82) is 5.26 Å². The SMILES string of the molecule is Cc1ccc(-c2ccc(-c3n[nH]nc3C#N)s2)cn1. The zero-order valence-electron chi connectivity index (χ0n) is 10.1. The topological polar surface area (TPSA) is 78.2 Å². The molecular weight excluding hydrogens is 258 g/mol. The minimum Gasteiger partial charge on any atom is -0.261 e. The Bertz CT molecular complexity index is 748. The van der Waals surface area contributed by atoms with Gasteiger partial charge in [-0.3, -0.25) is 4.98 Å². The summed E-state index contributed by atoms with van der Waals surface area (Å²) in [6, 6.07) is 9.98. The van der Waals surface area contributed by atoms with Crippen LogP contribution in [0.3, 0.4) is 0 Å². The maximum absolute atomic E-state index is 8.95. The molecular formula is C13H9N5S. The van der Waals surface area contributed by atoms with Crippen LogP contribution in [0.1, 0.15) is 11.4 Å². The molecule has 3 heterocycles. The first-order valence-electron chi connectivity index (χ1n) is 5.62. The predicted octanol–water partition coefficient (Wildman–Crippen LogP) is 2.78. The number of nitriles is 1. The number of hydrogen-bond acceptors (Lipinski definition) is 5. The molecule has 3 rings (SSSR count). The zero-order valence-corrected chi connectivity index (χ0v) is 10.9. The van der Waals surface area contributed by atoms with E-state index >= 15 is 0 Å². The second-order valence-corrected chi connectivity index (χ2v) is 5.07. The van der Waals surface area contributed by atoms with E-state index in [1.807, 2.05) is 43.5 Å². The van der Waals surface area contributed by atoms with Crippen LogP contribution >= 0.6 is 11.3 Å². The van der Waals surface area contributed by atoms with E-state index in [0.717, 1.165) is 21.0 Å². The Morgan fingerprint density at radius 3 is 2.74 bits per heavy atom. The number of nitrogens with zero attached hydrogens (tertiary/aromatic N) is 4. The lowest BCUT2D eigenvalue weighted by molar-refractivity contribution is 0.937. The van der Waals surface area contributed by atoms with Crippen molar-refractivity contribution < 1.29 is 0 Å². The normalized spacial score (nSPS) is 10.3. The number of nitrogens with one attached hydrogen (secondary N) is 1. The maximum atomic E-state index is 8.95. The number of aromatic amines is 1. The summed E-state index contributed by atoms with van der Waals surface area (Å²) in [5.74, 6) is 0. The minimum atomic E-state index is 0.315. The summed E-state index contributed by atoms with van der Waals surface area (Å²) in [5.41, 5.74) is 2.96. The number of thiophene rings is 1. The van der Waals surface area contributed by atoms with Gasteiger partial charge in [-0.1, -0.05) is 6.07 Å². The smallest absolute Gasteiger partial charge is 0.191 e. The summed E-state index contributed by atoms with van der Waals surface area (Å²) in [6.07, 6.45) is 1.85. The first-order valence-corrected chi connectivity index (χ1v) is 6.43. The third kappa shape index (κ3) is 2.11. The first-order chi connectivity index (χ1) is 9.28. The summed E-state index contributed by atoms with van der Waals surface area (Å²) < 4.78 is 0. The van der Waals surface area contributed by atoms with Crippen molar-refractivity contribution in [3.05, 3.63) is 41.9 Å². The van der Waals surface area contributed by atoms with Crippen molar-refractivity contribution in [2.24, 2.45) is 0 Å². The molecule has 0 saturated carbocycles. The van der Waals surface area contributed by atoms with Gasteiger partial charge in [0.2, 0.25) is 0 Å². The highest BCUT2D eigenvalue weighted by molar-refractivity contribution is 7.18. The van der Waals surface area contributed by atoms with Gasteiger partial charge in [-0.2, -0.15) is 15.6 Å². The summed E-state index contributed by atoms with van der Waals surface area (Å²) in [6.45, 7) is 1.96. The molecule has 0 radical (unpaired) electrons. The second-order valence-electron chi connectivity index (χ2n) is 3.98. The molecule has 1 N–H and O–H groups in total. The van der Waals surface area contributed by atoms with Crippen LogP contribution in [0.5, 0.6) is 0 Å². The second kappa shape index (κ2) is 4.63. The lowest BCUT2D eigenvalue weighted by Crippen LogP contribution is -1.79. The molecule has 3 aromatic heterocycles. The van der Waals surface area contributed by atoms with Crippen LogP contribution < -0.4 is 0 Å². The van der Waals surface area contributed by atoms with Gasteiger partial charge in [-0.25, -0.2) is 0 Å². The van der Waals surface area contributed by atoms with Crippen molar-refractivity contribution in [2.45, 2.75) is 6.92 Å². The number of pyridine rings is 1. The number of aromatic nitrogens is 4. The lowest BCUT2D eigenvalue weighted by Gasteiger charge is -1.96. The zero-order chi connectivity index (χ0) is 13.2. The van der Waals surface area contributed by atoms with Crippen molar-refractivity contribution >= 4 is 11.3 Å². The Hall–Kier alpha value is -2.52. The van der Waals surface area contributed by atoms with E-state index in [-0.39, 0.29) is 0 Å². The Kier molecular flexibility index (Phi) is 2.82. The Morgan fingerprint density at radius 2 is 2.00 bits per heavy atom. The summed E-state index contributed by atoms with van der Waals surface area (Å²) in [4.78, 5) is 6.29. The molecule has 19 heavy (non-hydrogen) atoms. The molecule has 0 bridgehead atoms. The maximum Gasteiger partial charge on any atom is 0.191 e. The van der Waals surface area contributed by atoms with Crippen molar-refractivity contribution in [3.8, 4) is 27.1 Å². The van der Waals surface area contributed by atoms with Crippen molar-refractivity contribution in [3.63, 3.8) is 0 Å². The molecule has 92 valence electrons. The van der Waals surface area contributed by atoms with Crippen LogP contribution in [0, 0.1) is 18.3 Å². The molecule has 0 aliphatic heterocycles. The number of hydrogen-bond donors (Lipinski definition) is 1. The Balaban J connectivity index is 2.00. The largest absolute Gasteiger partial charge is 0.261 e. The van der Waals surface area contributed by atoms with Crippen LogP contribution in [0.2, 0.25) is 0 Å². The van der Waals surface area contributed by atoms with Gasteiger partial charge in [0, 0.05) is 22.3 Å². The minimum absolute atomic E-state index is 0.315. The van der Waals surface area contributed by atoms with Crippen LogP contribution in [-0.4, -0.2) is 20.4 Å². The van der Waals surface area contributed by atoms with Gasteiger partial charge in [-0.15, -0.1) is 16.4 Å². The van der Waals surface area contributed by atoms with Crippen LogP contribution in [0.4, 0.5) is 0 Å². The number of rotatable bonds is 2. The van der Waals surface area contributed by atoms with Gasteiger partial charge < -0.3 is 0 Å². The molecule has 5 nitrogen and oxygen atoms in total. The quantitative estimate of drug-likeness (QED) is 0.774. The van der Waals surface area contributed by atoms with Gasteiger partial charge in [0.05, 0.1) is 4.88 Å². The molecule has 0 aliphatic carbocycles. The van der Waals surface area contributed by atoms with Crippen LogP contribution in [0.25, 0.3) is 21.0 Å². The average Bonchev–Trinajstić information content (AvgIpc) is 3.07. The predicted molar refractivity (Wildman–Crippen MR) is 72.4 cm³/mol. The molecule has 0 unspecified atom stereocenters. The van der Waals surface area contributed by atoms with E-state index < -0.39 is 0 Å². The van der Waals surface area contributed by atoms with Gasteiger partial charge in [-0.05, 0) is 25.1 Å². The third-order valence-corrected chi connectivity index (χ3v) is 3.83. The molecule has 3 aromatic rings.